The van der Waals surface area contributed by atoms with E-state index >= 15 is 0 Å². The Balaban J connectivity index is 1.86. The van der Waals surface area contributed by atoms with Crippen molar-refractivity contribution >= 4 is 27.5 Å². The molecule has 0 aliphatic heterocycles. The van der Waals surface area contributed by atoms with Gasteiger partial charge < -0.3 is 14.6 Å². The van der Waals surface area contributed by atoms with Gasteiger partial charge in [-0.1, -0.05) is 55.1 Å². The number of hydrogen-bond donors (Lipinski definition) is 1. The average molecular weight is 322 g/mol. The van der Waals surface area contributed by atoms with E-state index in [9.17, 15) is 9.90 Å². The van der Waals surface area contributed by atoms with Gasteiger partial charge in [-0.15, -0.1) is 0 Å². The number of rotatable bonds is 6. The third-order valence-corrected chi connectivity index (χ3v) is 3.73. The molecule has 3 rings (SSSR count). The summed E-state index contributed by atoms with van der Waals surface area (Å²) < 4.78 is 10.7. The molecule has 3 aromatic carbocycles. The molecule has 0 spiro atoms. The third-order valence-electron chi connectivity index (χ3n) is 3.73. The van der Waals surface area contributed by atoms with Crippen LogP contribution in [0.4, 0.5) is 0 Å². The molecule has 0 saturated carbocycles. The number of esters is 1. The van der Waals surface area contributed by atoms with Crippen LogP contribution in [0.5, 0.6) is 5.75 Å². The molecule has 1 unspecified atom stereocenters. The Morgan fingerprint density at radius 2 is 1.62 bits per heavy atom. The lowest BCUT2D eigenvalue weighted by atomic mass is 10.0. The Labute approximate surface area is 139 Å². The molecule has 0 aliphatic rings. The van der Waals surface area contributed by atoms with Crippen molar-refractivity contribution in [2.75, 3.05) is 13.2 Å². The maximum Gasteiger partial charge on any atom is 0.330 e. The summed E-state index contributed by atoms with van der Waals surface area (Å²) >= 11 is 0. The van der Waals surface area contributed by atoms with Crippen molar-refractivity contribution in [2.24, 2.45) is 0 Å². The van der Waals surface area contributed by atoms with Crippen molar-refractivity contribution < 1.29 is 19.4 Å². The van der Waals surface area contributed by atoms with Crippen LogP contribution in [0.1, 0.15) is 0 Å². The molecule has 0 saturated heterocycles. The molecular weight excluding hydrogens is 304 g/mol. The molecule has 3 aromatic rings. The first-order valence-electron chi connectivity index (χ1n) is 7.69. The third kappa shape index (κ3) is 3.39. The molecule has 0 heterocycles. The highest BCUT2D eigenvalue weighted by Gasteiger charge is 2.12. The van der Waals surface area contributed by atoms with Gasteiger partial charge in [0.25, 0.3) is 0 Å². The fraction of sp³-hybridized carbons (Fsp3) is 0.150. The summed E-state index contributed by atoms with van der Waals surface area (Å²) in [6, 6.07) is 18.0. The SMILES string of the molecule is C=CC(=O)OCC(O)COc1c2ccccc2cc2ccccc12. The Bertz CT molecular complexity index is 831. The summed E-state index contributed by atoms with van der Waals surface area (Å²) in [5.41, 5.74) is 0. The van der Waals surface area contributed by atoms with Gasteiger partial charge in [0.2, 0.25) is 0 Å². The molecule has 0 fully saturated rings. The summed E-state index contributed by atoms with van der Waals surface area (Å²) in [5, 5.41) is 14.1. The average Bonchev–Trinajstić information content (AvgIpc) is 2.63. The quantitative estimate of drug-likeness (QED) is 0.429. The van der Waals surface area contributed by atoms with Crippen LogP contribution in [-0.4, -0.2) is 30.4 Å². The second-order valence-electron chi connectivity index (χ2n) is 5.45. The van der Waals surface area contributed by atoms with Crippen LogP contribution in [0.3, 0.4) is 0 Å². The van der Waals surface area contributed by atoms with E-state index in [4.69, 9.17) is 9.47 Å². The summed E-state index contributed by atoms with van der Waals surface area (Å²) in [6.45, 7) is 3.21. The smallest absolute Gasteiger partial charge is 0.330 e. The van der Waals surface area contributed by atoms with Crippen molar-refractivity contribution in [1.82, 2.24) is 0 Å². The molecule has 4 heteroatoms. The lowest BCUT2D eigenvalue weighted by Crippen LogP contribution is -2.24. The minimum Gasteiger partial charge on any atom is -0.489 e. The van der Waals surface area contributed by atoms with Gasteiger partial charge in [0, 0.05) is 16.8 Å². The molecule has 24 heavy (non-hydrogen) atoms. The molecule has 122 valence electrons. The monoisotopic (exact) mass is 322 g/mol. The van der Waals surface area contributed by atoms with Crippen LogP contribution in [0, 0.1) is 0 Å². The normalized spacial score (nSPS) is 12.0. The van der Waals surface area contributed by atoms with Crippen LogP contribution < -0.4 is 4.74 Å². The number of aliphatic hydroxyl groups is 1. The fourth-order valence-electron chi connectivity index (χ4n) is 2.59. The van der Waals surface area contributed by atoms with E-state index < -0.39 is 12.1 Å². The first-order valence-corrected chi connectivity index (χ1v) is 7.69. The van der Waals surface area contributed by atoms with Gasteiger partial charge in [0.15, 0.2) is 0 Å². The Kier molecular flexibility index (Phi) is 4.77. The minimum atomic E-state index is -0.911. The molecule has 0 aromatic heterocycles. The second-order valence-corrected chi connectivity index (χ2v) is 5.45. The van der Waals surface area contributed by atoms with E-state index in [1.807, 2.05) is 48.5 Å². The zero-order valence-corrected chi connectivity index (χ0v) is 13.1. The van der Waals surface area contributed by atoms with Crippen LogP contribution >= 0.6 is 0 Å². The highest BCUT2D eigenvalue weighted by atomic mass is 16.5. The van der Waals surface area contributed by atoms with Crippen LogP contribution in [0.15, 0.2) is 67.3 Å². The lowest BCUT2D eigenvalue weighted by molar-refractivity contribution is -0.141. The van der Waals surface area contributed by atoms with Crippen LogP contribution in [0.2, 0.25) is 0 Å². The highest BCUT2D eigenvalue weighted by molar-refractivity contribution is 6.05. The Morgan fingerprint density at radius 3 is 2.21 bits per heavy atom. The van der Waals surface area contributed by atoms with Crippen molar-refractivity contribution in [2.45, 2.75) is 6.10 Å². The summed E-state index contributed by atoms with van der Waals surface area (Å²) in [5.74, 6) is 0.155. The Hall–Kier alpha value is -2.85. The van der Waals surface area contributed by atoms with E-state index in [-0.39, 0.29) is 13.2 Å². The molecule has 0 bridgehead atoms. The van der Waals surface area contributed by atoms with E-state index in [1.54, 1.807) is 0 Å². The number of benzene rings is 3. The Morgan fingerprint density at radius 1 is 1.04 bits per heavy atom. The molecule has 1 N–H and O–H groups in total. The van der Waals surface area contributed by atoms with Gasteiger partial charge in [-0.3, -0.25) is 0 Å². The number of fused-ring (bicyclic) bond motifs is 2. The maximum atomic E-state index is 11.0. The van der Waals surface area contributed by atoms with E-state index in [0.29, 0.717) is 0 Å². The number of carbonyl (C=O) groups is 1. The number of carbonyl (C=O) groups excluding carboxylic acids is 1. The van der Waals surface area contributed by atoms with Gasteiger partial charge in [0.05, 0.1) is 0 Å². The van der Waals surface area contributed by atoms with Gasteiger partial charge >= 0.3 is 5.97 Å². The highest BCUT2D eigenvalue weighted by Crippen LogP contribution is 2.34. The maximum absolute atomic E-state index is 11.0. The van der Waals surface area contributed by atoms with Crippen molar-refractivity contribution in [3.63, 3.8) is 0 Å². The minimum absolute atomic E-state index is 0.0302. The summed E-state index contributed by atoms with van der Waals surface area (Å²) in [6.07, 6.45) is 0.151. The zero-order valence-electron chi connectivity index (χ0n) is 13.1. The number of hydrogen-bond acceptors (Lipinski definition) is 4. The molecule has 0 aliphatic carbocycles. The van der Waals surface area contributed by atoms with Gasteiger partial charge in [0.1, 0.15) is 25.1 Å². The second kappa shape index (κ2) is 7.15. The fourth-order valence-corrected chi connectivity index (χ4v) is 2.59. The van der Waals surface area contributed by atoms with Crippen molar-refractivity contribution in [3.8, 4) is 5.75 Å². The van der Waals surface area contributed by atoms with Gasteiger partial charge in [-0.2, -0.15) is 0 Å². The van der Waals surface area contributed by atoms with Gasteiger partial charge in [-0.25, -0.2) is 4.79 Å². The summed E-state index contributed by atoms with van der Waals surface area (Å²) in [4.78, 5) is 11.0. The predicted molar refractivity (Wildman–Crippen MR) is 94.1 cm³/mol. The van der Waals surface area contributed by atoms with E-state index in [2.05, 4.69) is 12.6 Å². The predicted octanol–water partition coefficient (Wildman–Crippen LogP) is 3.46. The molecule has 0 radical (unpaired) electrons. The number of aliphatic hydroxyl groups excluding tert-OH is 1. The number of ether oxygens (including phenoxy) is 2. The molecule has 4 nitrogen and oxygen atoms in total. The molecule has 0 amide bonds. The molecular formula is C20H18O4. The first kappa shape index (κ1) is 16.0. The van der Waals surface area contributed by atoms with E-state index in [1.165, 1.54) is 0 Å². The van der Waals surface area contributed by atoms with E-state index in [0.717, 1.165) is 33.4 Å². The topological polar surface area (TPSA) is 55.8 Å². The van der Waals surface area contributed by atoms with Crippen molar-refractivity contribution in [3.05, 3.63) is 67.3 Å². The zero-order chi connectivity index (χ0) is 16.9. The lowest BCUT2D eigenvalue weighted by Gasteiger charge is -2.16. The van der Waals surface area contributed by atoms with Crippen molar-refractivity contribution in [1.29, 1.82) is 0 Å². The molecule has 1 atom stereocenters. The standard InChI is InChI=1S/C20H18O4/c1-2-19(22)23-12-16(21)13-24-20-17-9-5-3-7-14(17)11-15-8-4-6-10-18(15)20/h2-11,16,21H,1,12-13H2. The first-order chi connectivity index (χ1) is 11.7. The van der Waals surface area contributed by atoms with Crippen LogP contribution in [0.25, 0.3) is 21.5 Å². The van der Waals surface area contributed by atoms with Gasteiger partial charge in [-0.05, 0) is 16.8 Å². The largest absolute Gasteiger partial charge is 0.489 e. The van der Waals surface area contributed by atoms with Crippen LogP contribution in [-0.2, 0) is 9.53 Å². The summed E-state index contributed by atoms with van der Waals surface area (Å²) in [7, 11) is 0.